The molecule has 0 amide bonds. The Bertz CT molecular complexity index is 2310. The van der Waals surface area contributed by atoms with Gasteiger partial charge in [0.15, 0.2) is 23.7 Å². The number of phosphoric ester groups is 2. The van der Waals surface area contributed by atoms with Crippen molar-refractivity contribution in [3.8, 4) is 0 Å². The Balaban J connectivity index is 0.00000280. The van der Waals surface area contributed by atoms with Gasteiger partial charge in [0.05, 0.1) is 26.6 Å². The first-order valence-electron chi connectivity index (χ1n) is 14.8. The van der Waals surface area contributed by atoms with Crippen LogP contribution in [0, 0.1) is 0 Å². The van der Waals surface area contributed by atoms with E-state index in [0.717, 1.165) is 10.9 Å². The Morgan fingerprint density at radius 2 is 1.57 bits per heavy atom. The minimum atomic E-state index is -5.70. The molecule has 2 fully saturated rings. The molecule has 316 valence electrons. The summed E-state index contributed by atoms with van der Waals surface area (Å²) < 4.78 is 63.8. The zero-order valence-corrected chi connectivity index (χ0v) is 32.5. The molecule has 0 radical (unpaired) electrons. The molecular formula is C22H40N13O17P3S. The van der Waals surface area contributed by atoms with E-state index in [0.29, 0.717) is 0 Å². The van der Waals surface area contributed by atoms with Gasteiger partial charge < -0.3 is 78.7 Å². The number of nitrogens with zero attached hydrogens (tertiary/aromatic N) is 6. The topological polar surface area (TPSA) is 498 Å². The van der Waals surface area contributed by atoms with Crippen LogP contribution in [0.5, 0.6) is 0 Å². The summed E-state index contributed by atoms with van der Waals surface area (Å²) in [5.74, 6) is -0.512. The molecule has 0 aliphatic carbocycles. The molecule has 34 heteroatoms. The number of imidazole rings is 2. The highest BCUT2D eigenvalue weighted by Crippen LogP contribution is 2.67. The van der Waals surface area contributed by atoms with Crippen LogP contribution in [0.3, 0.4) is 0 Å². The van der Waals surface area contributed by atoms with Crippen LogP contribution in [0.4, 0.5) is 11.9 Å². The van der Waals surface area contributed by atoms with Crippen LogP contribution in [0.2, 0.25) is 0 Å². The Morgan fingerprint density at radius 3 is 2.23 bits per heavy atom. The summed E-state index contributed by atoms with van der Waals surface area (Å²) in [6.45, 7) is -7.18. The standard InChI is InChI=1S/C22H31N10O17P3S.3H3N/c1-30-6-32(16-10(30)18(37)29-22(24)27-16)20-14(43-2)12(34)8(47-20)4-45-51(40,41)49-52(42,53)48-50(38,39)44-3-7-11(33)13(35)19(46-7)31-5-25-9-15(31)26-21(23)28-17(9)36;;;/h5-8,11-14,19-20,33-35H,3-4H2,1-2H3,(H8-,23,24,26,27,28,29,36,37,38,39,40,41,42,53);3*1H3/t7-,8-,11-,12?,13-,14+,19-,20-,52?;;;/m1.../s1. The van der Waals surface area contributed by atoms with E-state index >= 15 is 0 Å². The van der Waals surface area contributed by atoms with Gasteiger partial charge in [-0.25, -0.2) is 22.7 Å². The van der Waals surface area contributed by atoms with E-state index in [1.54, 1.807) is 0 Å². The summed E-state index contributed by atoms with van der Waals surface area (Å²) in [6, 6.07) is 0. The molecule has 56 heavy (non-hydrogen) atoms. The van der Waals surface area contributed by atoms with E-state index in [-0.39, 0.29) is 52.7 Å². The third kappa shape index (κ3) is 9.38. The number of hydrogen-bond acceptors (Lipinski definition) is 24. The predicted octanol–water partition coefficient (Wildman–Crippen LogP) is -3.92. The van der Waals surface area contributed by atoms with E-state index in [2.05, 4.69) is 45.3 Å². The van der Waals surface area contributed by atoms with Gasteiger partial charge in [-0.05, 0) is 11.8 Å². The zero-order valence-electron chi connectivity index (χ0n) is 29.0. The second-order valence-electron chi connectivity index (χ2n) is 11.5. The summed E-state index contributed by atoms with van der Waals surface area (Å²) in [6.07, 6.45) is -9.42. The minimum absolute atomic E-state index is 0. The summed E-state index contributed by atoms with van der Waals surface area (Å²) >= 11 is 4.56. The molecule has 6 rings (SSSR count). The van der Waals surface area contributed by atoms with E-state index in [1.165, 1.54) is 29.6 Å². The van der Waals surface area contributed by atoms with Gasteiger partial charge in [-0.15, -0.1) is 0 Å². The number of methoxy groups -OCH3 is 1. The highest BCUT2D eigenvalue weighted by molar-refractivity contribution is 8.09. The van der Waals surface area contributed by atoms with Crippen molar-refractivity contribution >= 4 is 68.4 Å². The van der Waals surface area contributed by atoms with Crippen LogP contribution in [-0.4, -0.2) is 116 Å². The third-order valence-corrected chi connectivity index (χ3v) is 13.3. The summed E-state index contributed by atoms with van der Waals surface area (Å²) in [5, 5.41) is 31.9. The molecular weight excluding hydrogens is 843 g/mol. The van der Waals surface area contributed by atoms with Crippen LogP contribution in [0.15, 0.2) is 22.2 Å². The second-order valence-corrected chi connectivity index (χ2v) is 17.4. The number of aromatic amines is 2. The lowest BCUT2D eigenvalue weighted by molar-refractivity contribution is -0.746. The van der Waals surface area contributed by atoms with Gasteiger partial charge in [0.25, 0.3) is 24.9 Å². The number of ether oxygens (including phenoxy) is 3. The van der Waals surface area contributed by atoms with Crippen molar-refractivity contribution in [3.63, 3.8) is 0 Å². The number of aromatic nitrogens is 8. The van der Waals surface area contributed by atoms with Crippen molar-refractivity contribution < 1.29 is 75.6 Å². The third-order valence-electron chi connectivity index (χ3n) is 7.92. The number of fused-ring (bicyclic) bond motifs is 2. The highest BCUT2D eigenvalue weighted by atomic mass is 32.5. The first kappa shape index (κ1) is 47.1. The number of aryl methyl sites for hydroxylation is 1. The van der Waals surface area contributed by atoms with Gasteiger partial charge in [-0.2, -0.15) is 4.98 Å². The molecule has 0 saturated carbocycles. The van der Waals surface area contributed by atoms with Gasteiger partial charge in [0.1, 0.15) is 36.6 Å². The lowest BCUT2D eigenvalue weighted by atomic mass is 10.1. The lowest BCUT2D eigenvalue weighted by Gasteiger charge is -2.28. The van der Waals surface area contributed by atoms with Crippen molar-refractivity contribution in [2.24, 2.45) is 7.05 Å². The summed E-state index contributed by atoms with van der Waals surface area (Å²) in [4.78, 5) is 74.1. The van der Waals surface area contributed by atoms with Crippen molar-refractivity contribution in [1.29, 1.82) is 0 Å². The molecule has 4 aromatic heterocycles. The number of rotatable bonds is 13. The molecule has 0 aromatic carbocycles. The van der Waals surface area contributed by atoms with Gasteiger partial charge in [-0.1, -0.05) is 4.98 Å². The molecule has 2 aliphatic heterocycles. The Morgan fingerprint density at radius 1 is 0.964 bits per heavy atom. The second kappa shape index (κ2) is 17.3. The smallest absolute Gasteiger partial charge is 0.479 e. The maximum atomic E-state index is 12.6. The molecule has 30 nitrogen and oxygen atoms in total. The molecule has 2 aliphatic rings. The number of nitrogen functional groups attached to an aromatic ring is 2. The average Bonchev–Trinajstić information content (AvgIpc) is 3.77. The van der Waals surface area contributed by atoms with E-state index in [4.69, 9.17) is 34.7 Å². The number of aliphatic hydroxyl groups is 3. The normalized spacial score (nSPS) is 28.1. The molecule has 4 unspecified atom stereocenters. The molecule has 0 spiro atoms. The van der Waals surface area contributed by atoms with Crippen LogP contribution >= 0.6 is 22.4 Å². The first-order valence-corrected chi connectivity index (χ1v) is 20.3. The largest absolute Gasteiger partial charge is 0.756 e. The van der Waals surface area contributed by atoms with Crippen LogP contribution in [0.1, 0.15) is 12.5 Å². The quantitative estimate of drug-likeness (QED) is 0.0451. The van der Waals surface area contributed by atoms with Crippen LogP contribution in [-0.2, 0) is 59.9 Å². The maximum absolute atomic E-state index is 12.6. The number of H-pyrrole nitrogens is 2. The van der Waals surface area contributed by atoms with Crippen molar-refractivity contribution in [2.45, 2.75) is 49.1 Å². The Labute approximate surface area is 317 Å². The molecule has 2 saturated heterocycles. The minimum Gasteiger partial charge on any atom is -0.756 e. The summed E-state index contributed by atoms with van der Waals surface area (Å²) in [5.41, 5.74) is 9.78. The van der Waals surface area contributed by atoms with Gasteiger partial charge in [0, 0.05) is 7.11 Å². The van der Waals surface area contributed by atoms with E-state index < -0.39 is 95.8 Å². The number of hydrogen-bond donors (Lipinski definition) is 12. The number of anilines is 2. The number of aliphatic hydroxyl groups excluding tert-OH is 3. The van der Waals surface area contributed by atoms with Crippen molar-refractivity contribution in [1.82, 2.24) is 52.5 Å². The molecule has 20 N–H and O–H groups in total. The van der Waals surface area contributed by atoms with Gasteiger partial charge >= 0.3 is 20.2 Å². The Kier molecular flexibility index (Phi) is 14.6. The lowest BCUT2D eigenvalue weighted by Crippen LogP contribution is -2.47. The number of nitrogens with two attached hydrogens (primary N) is 2. The van der Waals surface area contributed by atoms with Gasteiger partial charge in [0.2, 0.25) is 17.7 Å². The molecule has 0 bridgehead atoms. The van der Waals surface area contributed by atoms with Crippen molar-refractivity contribution in [3.05, 3.63) is 33.4 Å². The fourth-order valence-corrected chi connectivity index (χ4v) is 10.6. The fourth-order valence-electron chi connectivity index (χ4n) is 5.67. The maximum Gasteiger partial charge on any atom is 0.479 e. The monoisotopic (exact) mass is 883 g/mol. The average molecular weight is 884 g/mol. The predicted molar refractivity (Wildman–Crippen MR) is 188 cm³/mol. The van der Waals surface area contributed by atoms with Crippen molar-refractivity contribution in [2.75, 3.05) is 31.8 Å². The fraction of sp³-hybridized carbons (Fsp3) is 0.545. The van der Waals surface area contributed by atoms with E-state index in [9.17, 15) is 48.7 Å². The van der Waals surface area contributed by atoms with E-state index in [1.807, 2.05) is 0 Å². The highest BCUT2D eigenvalue weighted by Gasteiger charge is 2.49. The Hall–Kier alpha value is -3.23. The van der Waals surface area contributed by atoms with Gasteiger partial charge in [-0.3, -0.25) is 37.8 Å². The first-order chi connectivity index (χ1) is 24.7. The number of phosphoric acid groups is 2. The SMILES string of the molecule is CO[C@H]1C(O)[C@@H](COP(=O)([O-])OP(O)(=S)OP(=O)(O)OC[C@H]2O[C@@H](n3cnc4c(=O)[nH]c(N)nc43)[C@H](O)[C@@H]2O)O[C@H]1[n+]1cn(C)c2c(=O)[nH]c(N)nc21.N.N.N. The molecule has 11 atom stereocenters. The van der Waals surface area contributed by atoms with Crippen LogP contribution < -0.4 is 50.5 Å². The van der Waals surface area contributed by atoms with Crippen LogP contribution in [0.25, 0.3) is 22.3 Å². The zero-order chi connectivity index (χ0) is 38.8. The summed E-state index contributed by atoms with van der Waals surface area (Å²) in [7, 11) is -8.45. The number of nitrogens with one attached hydrogen (secondary N) is 2. The molecule has 6 heterocycles. The molecule has 4 aromatic rings.